The zero-order valence-electron chi connectivity index (χ0n) is 24.5. The van der Waals surface area contributed by atoms with Gasteiger partial charge in [0.1, 0.15) is 18.0 Å². The molecule has 3 N–H and O–H groups in total. The molecular formula is C32H36O11. The molecule has 2 aromatic carbocycles. The highest BCUT2D eigenvalue weighted by molar-refractivity contribution is 6.29. The van der Waals surface area contributed by atoms with Crippen LogP contribution in [0.4, 0.5) is 0 Å². The van der Waals surface area contributed by atoms with Gasteiger partial charge in [-0.1, -0.05) is 12.1 Å². The van der Waals surface area contributed by atoms with Gasteiger partial charge in [-0.25, -0.2) is 0 Å². The molecule has 1 fully saturated rings. The lowest BCUT2D eigenvalue weighted by Crippen LogP contribution is -2.49. The third-order valence-electron chi connectivity index (χ3n) is 8.44. The molecular weight excluding hydrogens is 560 g/mol. The monoisotopic (exact) mass is 596 g/mol. The van der Waals surface area contributed by atoms with Gasteiger partial charge in [0.15, 0.2) is 23.6 Å². The summed E-state index contributed by atoms with van der Waals surface area (Å²) >= 11 is 0. The van der Waals surface area contributed by atoms with Gasteiger partial charge in [0.25, 0.3) is 0 Å². The van der Waals surface area contributed by atoms with Crippen molar-refractivity contribution in [3.8, 4) is 5.75 Å². The quantitative estimate of drug-likeness (QED) is 0.326. The molecule has 1 aliphatic heterocycles. The van der Waals surface area contributed by atoms with Gasteiger partial charge in [-0.05, 0) is 50.1 Å². The number of rotatable bonds is 8. The number of aliphatic hydroxyl groups is 3. The highest BCUT2D eigenvalue weighted by Gasteiger charge is 2.47. The lowest BCUT2D eigenvalue weighted by Gasteiger charge is -2.42. The Balaban J connectivity index is 1.51. The van der Waals surface area contributed by atoms with E-state index in [4.69, 9.17) is 18.9 Å². The van der Waals surface area contributed by atoms with Crippen molar-refractivity contribution in [1.29, 1.82) is 0 Å². The molecule has 1 heterocycles. The van der Waals surface area contributed by atoms with Gasteiger partial charge >= 0.3 is 5.97 Å². The Morgan fingerprint density at radius 1 is 1.12 bits per heavy atom. The number of esters is 1. The van der Waals surface area contributed by atoms with Crippen molar-refractivity contribution in [1.82, 2.24) is 0 Å². The fraction of sp³-hybridized carbons (Fsp3) is 0.500. The summed E-state index contributed by atoms with van der Waals surface area (Å²) in [5.41, 5.74) is -0.526. The number of benzene rings is 2. The SMILES string of the molecule is COc1cccc2c1C(=O)c1cc3c(cc1C2=O)C[C@@](O)(C(=O)CO)C[C@@H]3O[C@H]1C[C@@H](CC(=O)OC(C)C)[C@H](O)[C@H](C)O1. The molecule has 0 aromatic heterocycles. The van der Waals surface area contributed by atoms with Crippen molar-refractivity contribution in [3.05, 3.63) is 63.7 Å². The zero-order chi connectivity index (χ0) is 31.2. The molecule has 6 atom stereocenters. The van der Waals surface area contributed by atoms with Crippen molar-refractivity contribution < 1.29 is 53.4 Å². The summed E-state index contributed by atoms with van der Waals surface area (Å²) in [6.45, 7) is 4.20. The molecule has 0 amide bonds. The van der Waals surface area contributed by atoms with Crippen LogP contribution in [0, 0.1) is 5.92 Å². The smallest absolute Gasteiger partial charge is 0.306 e. The van der Waals surface area contributed by atoms with Crippen LogP contribution in [0.25, 0.3) is 0 Å². The number of Topliss-reactive ketones (excluding diaryl/α,β-unsaturated/α-hetero) is 1. The summed E-state index contributed by atoms with van der Waals surface area (Å²) in [5.74, 6) is -2.38. The first-order valence-corrected chi connectivity index (χ1v) is 14.3. The van der Waals surface area contributed by atoms with E-state index < -0.39 is 66.0 Å². The number of ether oxygens (including phenoxy) is 4. The largest absolute Gasteiger partial charge is 0.496 e. The van der Waals surface area contributed by atoms with Crippen molar-refractivity contribution >= 4 is 23.3 Å². The third kappa shape index (κ3) is 5.75. The van der Waals surface area contributed by atoms with Gasteiger partial charge in [0, 0.05) is 41.9 Å². The minimum Gasteiger partial charge on any atom is -0.496 e. The zero-order valence-corrected chi connectivity index (χ0v) is 24.5. The summed E-state index contributed by atoms with van der Waals surface area (Å²) in [6.07, 6.45) is -4.33. The summed E-state index contributed by atoms with van der Waals surface area (Å²) < 4.78 is 22.9. The van der Waals surface area contributed by atoms with Gasteiger partial charge in [-0.15, -0.1) is 0 Å². The topological polar surface area (TPSA) is 166 Å². The molecule has 0 spiro atoms. The maximum absolute atomic E-state index is 13.7. The van der Waals surface area contributed by atoms with E-state index in [1.165, 1.54) is 13.2 Å². The average molecular weight is 597 g/mol. The van der Waals surface area contributed by atoms with Crippen LogP contribution in [0.2, 0.25) is 0 Å². The number of hydrogen-bond acceptors (Lipinski definition) is 11. The maximum atomic E-state index is 13.7. The van der Waals surface area contributed by atoms with E-state index in [9.17, 15) is 34.5 Å². The number of carbonyl (C=O) groups excluding carboxylic acids is 4. The third-order valence-corrected chi connectivity index (χ3v) is 8.44. The van der Waals surface area contributed by atoms with Crippen LogP contribution in [0.15, 0.2) is 30.3 Å². The molecule has 2 aromatic rings. The maximum Gasteiger partial charge on any atom is 0.306 e. The summed E-state index contributed by atoms with van der Waals surface area (Å²) in [4.78, 5) is 52.3. The van der Waals surface area contributed by atoms with E-state index >= 15 is 0 Å². The van der Waals surface area contributed by atoms with Crippen molar-refractivity contribution in [2.24, 2.45) is 5.92 Å². The standard InChI is InChI=1S/C32H36O11/c1-15(2)41-26(35)9-17-10-27(42-16(3)29(17)36)43-24-13-32(39,25(34)14-33)12-18-8-21-22(11-20(18)24)31(38)28-19(30(21)37)6-5-7-23(28)40-4/h5-8,11,15-17,24,27,29,33,36,39H,9-10,12-14H2,1-4H3/t16-,17+,24-,27-,29+,32-/m0/s1. The van der Waals surface area contributed by atoms with Crippen LogP contribution in [-0.2, 0) is 30.2 Å². The second-order valence-electron chi connectivity index (χ2n) is 11.8. The number of fused-ring (bicyclic) bond motifs is 3. The van der Waals surface area contributed by atoms with Gasteiger partial charge in [0.05, 0.1) is 43.5 Å². The number of carbonyl (C=O) groups is 4. The van der Waals surface area contributed by atoms with Crippen LogP contribution in [0.3, 0.4) is 0 Å². The minimum absolute atomic E-state index is 0.0630. The second-order valence-corrected chi connectivity index (χ2v) is 11.8. The number of ketones is 3. The minimum atomic E-state index is -2.01. The Kier molecular flexibility index (Phi) is 8.56. The van der Waals surface area contributed by atoms with Crippen molar-refractivity contribution in [2.45, 2.75) is 82.8 Å². The molecule has 0 radical (unpaired) electrons. The Morgan fingerprint density at radius 2 is 1.84 bits per heavy atom. The normalized spacial score (nSPS) is 28.1. The summed E-state index contributed by atoms with van der Waals surface area (Å²) in [6, 6.07) is 7.81. The molecule has 43 heavy (non-hydrogen) atoms. The van der Waals surface area contributed by atoms with Crippen LogP contribution >= 0.6 is 0 Å². The van der Waals surface area contributed by atoms with Gasteiger partial charge in [-0.3, -0.25) is 19.2 Å². The Hall–Kier alpha value is -3.48. The van der Waals surface area contributed by atoms with Crippen molar-refractivity contribution in [3.63, 3.8) is 0 Å². The van der Waals surface area contributed by atoms with E-state index in [2.05, 4.69) is 0 Å². The fourth-order valence-electron chi connectivity index (χ4n) is 6.32. The predicted octanol–water partition coefficient (Wildman–Crippen LogP) is 2.22. The first kappa shape index (κ1) is 31.0. The van der Waals surface area contributed by atoms with E-state index in [0.717, 1.165) is 0 Å². The van der Waals surface area contributed by atoms with E-state index in [1.54, 1.807) is 45.0 Å². The number of aliphatic hydroxyl groups excluding tert-OH is 2. The lowest BCUT2D eigenvalue weighted by molar-refractivity contribution is -0.257. The first-order valence-electron chi connectivity index (χ1n) is 14.3. The van der Waals surface area contributed by atoms with Gasteiger partial charge in [0.2, 0.25) is 0 Å². The van der Waals surface area contributed by atoms with Crippen LogP contribution in [-0.4, -0.2) is 82.6 Å². The Labute approximate surface area is 248 Å². The molecule has 2 aliphatic carbocycles. The molecule has 0 bridgehead atoms. The molecule has 0 unspecified atom stereocenters. The van der Waals surface area contributed by atoms with Crippen LogP contribution in [0.5, 0.6) is 5.75 Å². The Morgan fingerprint density at radius 3 is 2.51 bits per heavy atom. The highest BCUT2D eigenvalue weighted by Crippen LogP contribution is 2.44. The molecule has 0 saturated carbocycles. The van der Waals surface area contributed by atoms with Gasteiger partial charge < -0.3 is 34.3 Å². The summed E-state index contributed by atoms with van der Waals surface area (Å²) in [5, 5.41) is 31.7. The highest BCUT2D eigenvalue weighted by atomic mass is 16.7. The molecule has 3 aliphatic rings. The molecule has 230 valence electrons. The first-order chi connectivity index (χ1) is 20.4. The molecule has 5 rings (SSSR count). The molecule has 11 nitrogen and oxygen atoms in total. The second kappa shape index (κ2) is 11.9. The molecule has 1 saturated heterocycles. The predicted molar refractivity (Wildman–Crippen MR) is 150 cm³/mol. The number of hydrogen-bond donors (Lipinski definition) is 3. The van der Waals surface area contributed by atoms with E-state index in [-0.39, 0.29) is 59.8 Å². The van der Waals surface area contributed by atoms with Crippen LogP contribution < -0.4 is 4.74 Å². The molecule has 11 heteroatoms. The Bertz CT molecular complexity index is 1460. The lowest BCUT2D eigenvalue weighted by atomic mass is 9.73. The van der Waals surface area contributed by atoms with E-state index in [1.807, 2.05) is 0 Å². The van der Waals surface area contributed by atoms with Gasteiger partial charge in [-0.2, -0.15) is 0 Å². The summed E-state index contributed by atoms with van der Waals surface area (Å²) in [7, 11) is 1.41. The number of methoxy groups -OCH3 is 1. The van der Waals surface area contributed by atoms with E-state index in [0.29, 0.717) is 11.1 Å². The average Bonchev–Trinajstić information content (AvgIpc) is 2.96. The van der Waals surface area contributed by atoms with Crippen molar-refractivity contribution in [2.75, 3.05) is 13.7 Å². The fourth-order valence-corrected chi connectivity index (χ4v) is 6.32. The van der Waals surface area contributed by atoms with Crippen LogP contribution in [0.1, 0.15) is 89.1 Å².